The fourth-order valence-corrected chi connectivity index (χ4v) is 2.06. The Balaban J connectivity index is 1.75. The predicted molar refractivity (Wildman–Crippen MR) is 72.9 cm³/mol. The third-order valence-electron chi connectivity index (χ3n) is 2.56. The van der Waals surface area contributed by atoms with E-state index in [-0.39, 0.29) is 5.91 Å². The van der Waals surface area contributed by atoms with Crippen LogP contribution < -0.4 is 5.32 Å². The first-order chi connectivity index (χ1) is 8.74. The van der Waals surface area contributed by atoms with Gasteiger partial charge in [-0.1, -0.05) is 28.1 Å². The molecule has 0 spiro atoms. The van der Waals surface area contributed by atoms with E-state index in [9.17, 15) is 4.79 Å². The summed E-state index contributed by atoms with van der Waals surface area (Å²) in [6.45, 7) is 0.497. The van der Waals surface area contributed by atoms with Crippen LogP contribution in [0.1, 0.15) is 17.7 Å². The van der Waals surface area contributed by atoms with E-state index in [1.807, 2.05) is 30.3 Å². The zero-order valence-electron chi connectivity index (χ0n) is 9.82. The fraction of sp³-hybridized carbons (Fsp3) is 0.231. The summed E-state index contributed by atoms with van der Waals surface area (Å²) < 4.78 is 1.04. The van der Waals surface area contributed by atoms with Crippen LogP contribution in [-0.4, -0.2) is 16.1 Å². The smallest absolute Gasteiger partial charge is 0.220 e. The van der Waals surface area contributed by atoms with E-state index in [0.29, 0.717) is 13.0 Å². The zero-order chi connectivity index (χ0) is 12.8. The van der Waals surface area contributed by atoms with Crippen molar-refractivity contribution in [3.63, 3.8) is 0 Å². The number of carbonyl (C=O) groups excluding carboxylic acids is 1. The first-order valence-corrected chi connectivity index (χ1v) is 6.53. The molecule has 0 saturated heterocycles. The maximum absolute atomic E-state index is 11.6. The predicted octanol–water partition coefficient (Wildman–Crippen LogP) is 2.42. The molecule has 1 aromatic carbocycles. The number of nitrogens with zero attached hydrogens (tertiary/aromatic N) is 1. The molecule has 18 heavy (non-hydrogen) atoms. The highest BCUT2D eigenvalue weighted by molar-refractivity contribution is 9.10. The van der Waals surface area contributed by atoms with Crippen LogP contribution in [0.2, 0.25) is 0 Å². The first kappa shape index (κ1) is 12.8. The van der Waals surface area contributed by atoms with Crippen LogP contribution in [0.5, 0.6) is 0 Å². The van der Waals surface area contributed by atoms with Gasteiger partial charge in [0.2, 0.25) is 5.91 Å². The topological polar surface area (TPSA) is 57.8 Å². The molecule has 0 aliphatic heterocycles. The summed E-state index contributed by atoms with van der Waals surface area (Å²) in [5, 5.41) is 9.47. The van der Waals surface area contributed by atoms with Crippen molar-refractivity contribution in [3.05, 3.63) is 52.3 Å². The van der Waals surface area contributed by atoms with Gasteiger partial charge in [-0.05, 0) is 30.2 Å². The monoisotopic (exact) mass is 307 g/mol. The maximum atomic E-state index is 11.6. The van der Waals surface area contributed by atoms with E-state index in [1.165, 1.54) is 0 Å². The minimum atomic E-state index is 0.0459. The second-order valence-electron chi connectivity index (χ2n) is 3.99. The molecule has 0 atom stereocenters. The molecule has 0 radical (unpaired) electrons. The SMILES string of the molecule is O=C(CCc1cccc(Br)c1)NCc1ccn[nH]1. The van der Waals surface area contributed by atoms with Crippen LogP contribution in [-0.2, 0) is 17.8 Å². The number of hydrogen-bond acceptors (Lipinski definition) is 2. The Kier molecular flexibility index (Phi) is 4.52. The molecule has 1 heterocycles. The van der Waals surface area contributed by atoms with Crippen LogP contribution in [0.25, 0.3) is 0 Å². The normalized spacial score (nSPS) is 10.3. The minimum Gasteiger partial charge on any atom is -0.350 e. The quantitative estimate of drug-likeness (QED) is 0.891. The van der Waals surface area contributed by atoms with Gasteiger partial charge in [-0.25, -0.2) is 0 Å². The number of carbonyl (C=O) groups is 1. The third kappa shape index (κ3) is 4.00. The Hall–Kier alpha value is -1.62. The Morgan fingerprint density at radius 2 is 2.28 bits per heavy atom. The summed E-state index contributed by atoms with van der Waals surface area (Å²) in [5.74, 6) is 0.0459. The van der Waals surface area contributed by atoms with Crippen LogP contribution in [0.4, 0.5) is 0 Å². The number of H-pyrrole nitrogens is 1. The van der Waals surface area contributed by atoms with E-state index in [4.69, 9.17) is 0 Å². The number of nitrogens with one attached hydrogen (secondary N) is 2. The average Bonchev–Trinajstić information content (AvgIpc) is 2.87. The van der Waals surface area contributed by atoms with Crippen LogP contribution in [0.15, 0.2) is 41.0 Å². The van der Waals surface area contributed by atoms with Gasteiger partial charge in [0.05, 0.1) is 12.2 Å². The van der Waals surface area contributed by atoms with Crippen molar-refractivity contribution in [3.8, 4) is 0 Å². The zero-order valence-corrected chi connectivity index (χ0v) is 11.4. The second-order valence-corrected chi connectivity index (χ2v) is 4.90. The average molecular weight is 308 g/mol. The number of aromatic nitrogens is 2. The molecule has 2 rings (SSSR count). The third-order valence-corrected chi connectivity index (χ3v) is 3.06. The molecule has 0 saturated carbocycles. The number of aromatic amines is 1. The van der Waals surface area contributed by atoms with Gasteiger partial charge in [0.15, 0.2) is 0 Å². The van der Waals surface area contributed by atoms with Gasteiger partial charge < -0.3 is 5.32 Å². The Morgan fingerprint density at radius 3 is 3.00 bits per heavy atom. The van der Waals surface area contributed by atoms with Gasteiger partial charge in [0.25, 0.3) is 0 Å². The summed E-state index contributed by atoms with van der Waals surface area (Å²) in [7, 11) is 0. The Bertz CT molecular complexity index is 511. The second kappa shape index (κ2) is 6.35. The Labute approximate surface area is 114 Å². The van der Waals surface area contributed by atoms with E-state index < -0.39 is 0 Å². The van der Waals surface area contributed by atoms with E-state index >= 15 is 0 Å². The molecule has 1 aromatic heterocycles. The highest BCUT2D eigenvalue weighted by Gasteiger charge is 2.03. The van der Waals surface area contributed by atoms with Crippen molar-refractivity contribution in [2.24, 2.45) is 0 Å². The van der Waals surface area contributed by atoms with Crippen molar-refractivity contribution in [2.45, 2.75) is 19.4 Å². The molecule has 4 nitrogen and oxygen atoms in total. The summed E-state index contributed by atoms with van der Waals surface area (Å²) in [6.07, 6.45) is 2.90. The number of halogens is 1. The van der Waals surface area contributed by atoms with Crippen LogP contribution in [0, 0.1) is 0 Å². The van der Waals surface area contributed by atoms with Gasteiger partial charge in [-0.2, -0.15) is 5.10 Å². The maximum Gasteiger partial charge on any atom is 0.220 e. The molecule has 1 amide bonds. The minimum absolute atomic E-state index is 0.0459. The molecule has 0 aliphatic carbocycles. The van der Waals surface area contributed by atoms with Gasteiger partial charge >= 0.3 is 0 Å². The lowest BCUT2D eigenvalue weighted by atomic mass is 10.1. The van der Waals surface area contributed by atoms with Crippen LogP contribution in [0.3, 0.4) is 0 Å². The van der Waals surface area contributed by atoms with Crippen molar-refractivity contribution >= 4 is 21.8 Å². The van der Waals surface area contributed by atoms with E-state index in [0.717, 1.165) is 22.2 Å². The first-order valence-electron chi connectivity index (χ1n) is 5.73. The summed E-state index contributed by atoms with van der Waals surface area (Å²) in [5.41, 5.74) is 2.06. The molecule has 0 fully saturated rings. The summed E-state index contributed by atoms with van der Waals surface area (Å²) >= 11 is 3.41. The Morgan fingerprint density at radius 1 is 1.39 bits per heavy atom. The molecular formula is C13H14BrN3O. The number of rotatable bonds is 5. The molecule has 0 unspecified atom stereocenters. The van der Waals surface area contributed by atoms with E-state index in [2.05, 4.69) is 31.4 Å². The molecule has 5 heteroatoms. The van der Waals surface area contributed by atoms with E-state index in [1.54, 1.807) is 6.20 Å². The van der Waals surface area contributed by atoms with Crippen molar-refractivity contribution in [1.29, 1.82) is 0 Å². The molecule has 0 aliphatic rings. The fourth-order valence-electron chi connectivity index (χ4n) is 1.62. The van der Waals surface area contributed by atoms with Gasteiger partial charge in [0, 0.05) is 17.1 Å². The van der Waals surface area contributed by atoms with Gasteiger partial charge in [-0.15, -0.1) is 0 Å². The largest absolute Gasteiger partial charge is 0.350 e. The highest BCUT2D eigenvalue weighted by atomic mass is 79.9. The molecule has 94 valence electrons. The standard InChI is InChI=1S/C13H14BrN3O/c14-11-3-1-2-10(8-11)4-5-13(18)15-9-12-6-7-16-17-12/h1-3,6-8H,4-5,9H2,(H,15,18)(H,16,17). The molecular weight excluding hydrogens is 294 g/mol. The number of benzene rings is 1. The van der Waals surface area contributed by atoms with Crippen molar-refractivity contribution in [2.75, 3.05) is 0 Å². The lowest BCUT2D eigenvalue weighted by molar-refractivity contribution is -0.121. The summed E-state index contributed by atoms with van der Waals surface area (Å²) in [6, 6.07) is 9.84. The van der Waals surface area contributed by atoms with Crippen LogP contribution >= 0.6 is 15.9 Å². The van der Waals surface area contributed by atoms with Gasteiger partial charge in [-0.3, -0.25) is 9.89 Å². The highest BCUT2D eigenvalue weighted by Crippen LogP contribution is 2.12. The van der Waals surface area contributed by atoms with Crippen molar-refractivity contribution < 1.29 is 4.79 Å². The number of hydrogen-bond donors (Lipinski definition) is 2. The number of aryl methyl sites for hydroxylation is 1. The lowest BCUT2D eigenvalue weighted by Crippen LogP contribution is -2.23. The lowest BCUT2D eigenvalue weighted by Gasteiger charge is -2.04. The molecule has 0 bridgehead atoms. The summed E-state index contributed by atoms with van der Waals surface area (Å²) in [4.78, 5) is 11.6. The molecule has 2 N–H and O–H groups in total. The molecule has 2 aromatic rings. The van der Waals surface area contributed by atoms with Gasteiger partial charge in [0.1, 0.15) is 0 Å². The van der Waals surface area contributed by atoms with Crippen molar-refractivity contribution in [1.82, 2.24) is 15.5 Å². The number of amides is 1.